The number of fused-ring (bicyclic) bond motifs is 1. The molecule has 1 saturated heterocycles. The molecule has 26 heavy (non-hydrogen) atoms. The zero-order valence-corrected chi connectivity index (χ0v) is 15.4. The Morgan fingerprint density at radius 1 is 1.27 bits per heavy atom. The minimum absolute atomic E-state index is 0.0973. The third-order valence-corrected chi connectivity index (χ3v) is 5.01. The number of aromatic nitrogens is 1. The molecule has 1 N–H and O–H groups in total. The molecule has 3 rings (SSSR count). The van der Waals surface area contributed by atoms with E-state index in [4.69, 9.17) is 4.74 Å². The Bertz CT molecular complexity index is 808. The number of benzene rings is 1. The Labute approximate surface area is 153 Å². The van der Waals surface area contributed by atoms with E-state index < -0.39 is 18.0 Å². The highest BCUT2D eigenvalue weighted by atomic mass is 16.5. The molecule has 0 spiro atoms. The predicted molar refractivity (Wildman–Crippen MR) is 99.2 cm³/mol. The van der Waals surface area contributed by atoms with Crippen molar-refractivity contribution in [2.24, 2.45) is 5.92 Å². The van der Waals surface area contributed by atoms with Gasteiger partial charge in [-0.25, -0.2) is 0 Å². The van der Waals surface area contributed by atoms with Crippen LogP contribution in [-0.2, 0) is 14.3 Å². The fourth-order valence-electron chi connectivity index (χ4n) is 3.47. The van der Waals surface area contributed by atoms with Crippen molar-refractivity contribution in [2.75, 3.05) is 13.7 Å². The number of ether oxygens (including phenoxy) is 1. The highest BCUT2D eigenvalue weighted by molar-refractivity contribution is 6.35. The first kappa shape index (κ1) is 18.3. The third kappa shape index (κ3) is 3.85. The number of hydrogen-bond donors (Lipinski definition) is 1. The molecule has 1 aromatic heterocycles. The maximum absolute atomic E-state index is 12.8. The van der Waals surface area contributed by atoms with Crippen LogP contribution in [0.5, 0.6) is 0 Å². The molecule has 2 aromatic rings. The van der Waals surface area contributed by atoms with Crippen LogP contribution in [0, 0.1) is 5.92 Å². The minimum atomic E-state index is -0.622. The molecule has 1 aliphatic rings. The molecule has 0 bridgehead atoms. The zero-order valence-electron chi connectivity index (χ0n) is 15.4. The average Bonchev–Trinajstić information content (AvgIpc) is 2.66. The van der Waals surface area contributed by atoms with Gasteiger partial charge in [-0.05, 0) is 48.8 Å². The van der Waals surface area contributed by atoms with Gasteiger partial charge in [0.2, 0.25) is 0 Å². The van der Waals surface area contributed by atoms with Crippen molar-refractivity contribution in [2.45, 2.75) is 39.0 Å². The van der Waals surface area contributed by atoms with Crippen LogP contribution in [0.3, 0.4) is 0 Å². The fourth-order valence-corrected chi connectivity index (χ4v) is 3.47. The Kier molecular flexibility index (Phi) is 5.52. The summed E-state index contributed by atoms with van der Waals surface area (Å²) in [5.74, 6) is -0.754. The quantitative estimate of drug-likeness (QED) is 0.679. The number of rotatable bonds is 3. The molecular weight excluding hydrogens is 330 g/mol. The molecule has 3 atom stereocenters. The van der Waals surface area contributed by atoms with Gasteiger partial charge in [0.05, 0.1) is 6.04 Å². The fraction of sp³-hybridized carbons (Fsp3) is 0.450. The molecule has 3 unspecified atom stereocenters. The number of carbonyl (C=O) groups is 2. The smallest absolute Gasteiger partial charge is 0.312 e. The number of nitrogens with one attached hydrogen (secondary N) is 1. The first-order valence-electron chi connectivity index (χ1n) is 8.97. The molecule has 6 heteroatoms. The average molecular weight is 355 g/mol. The van der Waals surface area contributed by atoms with Crippen molar-refractivity contribution in [1.29, 1.82) is 0 Å². The Balaban J connectivity index is 1.87. The molecule has 2 heterocycles. The SMILES string of the molecule is COC(C)NC(=O)C(=O)N1CC(C)CCC1c1ccc2cnccc2c1. The van der Waals surface area contributed by atoms with E-state index in [0.29, 0.717) is 12.5 Å². The van der Waals surface area contributed by atoms with Crippen molar-refractivity contribution in [3.8, 4) is 0 Å². The summed E-state index contributed by atoms with van der Waals surface area (Å²) in [6, 6.07) is 8.00. The molecule has 1 fully saturated rings. The molecular formula is C20H25N3O3. The predicted octanol–water partition coefficient (Wildman–Crippen LogP) is 2.64. The molecule has 0 aliphatic carbocycles. The number of nitrogens with zero attached hydrogens (tertiary/aromatic N) is 2. The maximum Gasteiger partial charge on any atom is 0.312 e. The summed E-state index contributed by atoms with van der Waals surface area (Å²) in [4.78, 5) is 30.9. The zero-order chi connectivity index (χ0) is 18.7. The molecule has 0 radical (unpaired) electrons. The summed E-state index contributed by atoms with van der Waals surface area (Å²) in [6.45, 7) is 4.38. The molecule has 1 aliphatic heterocycles. The van der Waals surface area contributed by atoms with Crippen LogP contribution in [-0.4, -0.2) is 41.6 Å². The van der Waals surface area contributed by atoms with Crippen molar-refractivity contribution in [3.63, 3.8) is 0 Å². The van der Waals surface area contributed by atoms with Crippen molar-refractivity contribution in [1.82, 2.24) is 15.2 Å². The van der Waals surface area contributed by atoms with E-state index in [-0.39, 0.29) is 6.04 Å². The van der Waals surface area contributed by atoms with E-state index in [1.807, 2.05) is 24.4 Å². The Morgan fingerprint density at radius 2 is 2.08 bits per heavy atom. The highest BCUT2D eigenvalue weighted by Gasteiger charge is 2.34. The summed E-state index contributed by atoms with van der Waals surface area (Å²) in [7, 11) is 1.49. The topological polar surface area (TPSA) is 71.5 Å². The summed E-state index contributed by atoms with van der Waals surface area (Å²) in [5, 5.41) is 4.73. The van der Waals surface area contributed by atoms with Gasteiger partial charge >= 0.3 is 11.8 Å². The number of methoxy groups -OCH3 is 1. The van der Waals surface area contributed by atoms with Crippen LogP contribution in [0.2, 0.25) is 0 Å². The lowest BCUT2D eigenvalue weighted by molar-refractivity contribution is -0.150. The van der Waals surface area contributed by atoms with Crippen LogP contribution in [0.25, 0.3) is 10.8 Å². The van der Waals surface area contributed by atoms with E-state index in [2.05, 4.69) is 23.3 Å². The molecule has 6 nitrogen and oxygen atoms in total. The van der Waals surface area contributed by atoms with E-state index >= 15 is 0 Å². The molecule has 138 valence electrons. The summed E-state index contributed by atoms with van der Waals surface area (Å²) in [6.07, 6.45) is 4.96. The van der Waals surface area contributed by atoms with Crippen molar-refractivity contribution < 1.29 is 14.3 Å². The largest absolute Gasteiger partial charge is 0.362 e. The van der Waals surface area contributed by atoms with E-state index in [1.165, 1.54) is 7.11 Å². The van der Waals surface area contributed by atoms with Gasteiger partial charge in [-0.2, -0.15) is 0 Å². The second-order valence-electron chi connectivity index (χ2n) is 6.99. The number of pyridine rings is 1. The molecule has 0 saturated carbocycles. The lowest BCUT2D eigenvalue weighted by atomic mass is 9.89. The van der Waals surface area contributed by atoms with Gasteiger partial charge in [-0.3, -0.25) is 14.6 Å². The van der Waals surface area contributed by atoms with Crippen molar-refractivity contribution >= 4 is 22.6 Å². The normalized spacial score (nSPS) is 21.4. The van der Waals surface area contributed by atoms with Gasteiger partial charge in [0.25, 0.3) is 0 Å². The second kappa shape index (κ2) is 7.83. The summed E-state index contributed by atoms with van der Waals surface area (Å²) < 4.78 is 5.03. The van der Waals surface area contributed by atoms with Gasteiger partial charge in [-0.15, -0.1) is 0 Å². The van der Waals surface area contributed by atoms with E-state index in [1.54, 1.807) is 18.0 Å². The number of amides is 2. The second-order valence-corrected chi connectivity index (χ2v) is 6.99. The standard InChI is InChI=1S/C20H25N3O3/c1-13-4-7-18(16-5-6-17-11-21-9-8-15(17)10-16)23(12-13)20(25)19(24)22-14(2)26-3/h5-6,8-11,13-14,18H,4,7,12H2,1-3H3,(H,22,24). The number of likely N-dealkylation sites (tertiary alicyclic amines) is 1. The first-order chi connectivity index (χ1) is 12.5. The van der Waals surface area contributed by atoms with Gasteiger partial charge in [0.1, 0.15) is 6.23 Å². The van der Waals surface area contributed by atoms with E-state index in [0.717, 1.165) is 29.2 Å². The lowest BCUT2D eigenvalue weighted by Gasteiger charge is -2.38. The Hall–Kier alpha value is -2.47. The van der Waals surface area contributed by atoms with E-state index in [9.17, 15) is 9.59 Å². The summed E-state index contributed by atoms with van der Waals surface area (Å²) >= 11 is 0. The lowest BCUT2D eigenvalue weighted by Crippen LogP contribution is -2.50. The Morgan fingerprint density at radius 3 is 2.85 bits per heavy atom. The van der Waals surface area contributed by atoms with Gasteiger partial charge in [0.15, 0.2) is 0 Å². The van der Waals surface area contributed by atoms with Crippen LogP contribution in [0.15, 0.2) is 36.7 Å². The third-order valence-electron chi connectivity index (χ3n) is 5.01. The minimum Gasteiger partial charge on any atom is -0.362 e. The molecule has 1 aromatic carbocycles. The summed E-state index contributed by atoms with van der Waals surface area (Å²) in [5.41, 5.74) is 1.05. The van der Waals surface area contributed by atoms with Gasteiger partial charge in [-0.1, -0.05) is 19.1 Å². The number of piperidine rings is 1. The van der Waals surface area contributed by atoms with Crippen LogP contribution in [0.4, 0.5) is 0 Å². The van der Waals surface area contributed by atoms with Crippen LogP contribution < -0.4 is 5.32 Å². The monoisotopic (exact) mass is 355 g/mol. The van der Waals surface area contributed by atoms with Gasteiger partial charge in [0, 0.05) is 31.4 Å². The van der Waals surface area contributed by atoms with Crippen LogP contribution in [0.1, 0.15) is 38.3 Å². The number of carbonyl (C=O) groups excluding carboxylic acids is 2. The first-order valence-corrected chi connectivity index (χ1v) is 8.97. The number of hydrogen-bond acceptors (Lipinski definition) is 4. The van der Waals surface area contributed by atoms with Crippen LogP contribution >= 0.6 is 0 Å². The maximum atomic E-state index is 12.8. The highest BCUT2D eigenvalue weighted by Crippen LogP contribution is 2.34. The van der Waals surface area contributed by atoms with Crippen molar-refractivity contribution in [3.05, 3.63) is 42.2 Å². The molecule has 2 amide bonds. The van der Waals surface area contributed by atoms with Gasteiger partial charge < -0.3 is 15.0 Å².